The molecule has 0 aliphatic heterocycles. The minimum atomic E-state index is -0.0841. The number of likely N-dealkylation sites (N-methyl/N-ethyl adjacent to an activating group) is 1. The van der Waals surface area contributed by atoms with Crippen LogP contribution >= 0.6 is 0 Å². The van der Waals surface area contributed by atoms with Crippen molar-refractivity contribution in [2.75, 3.05) is 26.7 Å². The molecule has 3 saturated carbocycles. The van der Waals surface area contributed by atoms with Gasteiger partial charge in [-0.05, 0) is 57.4 Å². The van der Waals surface area contributed by atoms with Gasteiger partial charge in [0.05, 0.1) is 6.10 Å². The summed E-state index contributed by atoms with van der Waals surface area (Å²) in [5, 5.41) is 0. The Balaban J connectivity index is 1.52. The number of hydrogen-bond acceptors (Lipinski definition) is 3. The van der Waals surface area contributed by atoms with Crippen LogP contribution in [0.5, 0.6) is 0 Å². The molecule has 122 valence electrons. The number of ether oxygens (including phenoxy) is 1. The van der Waals surface area contributed by atoms with Gasteiger partial charge in [-0.15, -0.1) is 0 Å². The molecule has 5 unspecified atom stereocenters. The van der Waals surface area contributed by atoms with Gasteiger partial charge in [0.1, 0.15) is 0 Å². The third-order valence-corrected chi connectivity index (χ3v) is 6.99. The molecule has 21 heavy (non-hydrogen) atoms. The van der Waals surface area contributed by atoms with E-state index in [2.05, 4.69) is 32.7 Å². The molecule has 3 fully saturated rings. The minimum Gasteiger partial charge on any atom is -0.378 e. The third-order valence-electron chi connectivity index (χ3n) is 6.99. The van der Waals surface area contributed by atoms with Crippen LogP contribution < -0.4 is 5.73 Å². The molecule has 0 aromatic carbocycles. The van der Waals surface area contributed by atoms with Gasteiger partial charge in [-0.25, -0.2) is 0 Å². The van der Waals surface area contributed by atoms with E-state index in [4.69, 9.17) is 10.5 Å². The predicted octanol–water partition coefficient (Wildman–Crippen LogP) is 2.89. The summed E-state index contributed by atoms with van der Waals surface area (Å²) in [5.74, 6) is 2.99. The van der Waals surface area contributed by atoms with Gasteiger partial charge in [0.15, 0.2) is 0 Å². The number of rotatable bonds is 6. The lowest BCUT2D eigenvalue weighted by atomic mass is 9.54. The van der Waals surface area contributed by atoms with Gasteiger partial charge in [0.25, 0.3) is 0 Å². The monoisotopic (exact) mass is 294 g/mol. The molecule has 3 aliphatic rings. The summed E-state index contributed by atoms with van der Waals surface area (Å²) in [6.07, 6.45) is 7.30. The first-order valence-corrected chi connectivity index (χ1v) is 8.94. The van der Waals surface area contributed by atoms with Crippen LogP contribution in [-0.4, -0.2) is 43.3 Å². The normalized spacial score (nSPS) is 44.3. The van der Waals surface area contributed by atoms with Crippen LogP contribution in [0.4, 0.5) is 0 Å². The zero-order valence-electron chi connectivity index (χ0n) is 14.4. The van der Waals surface area contributed by atoms with Crippen molar-refractivity contribution in [1.82, 2.24) is 4.90 Å². The molecule has 0 spiro atoms. The third kappa shape index (κ3) is 2.66. The summed E-state index contributed by atoms with van der Waals surface area (Å²) in [4.78, 5) is 2.51. The number of fused-ring (bicyclic) bond motifs is 2. The van der Waals surface area contributed by atoms with E-state index in [1.807, 2.05) is 0 Å². The SMILES string of the molecule is CCOC1CC(N)(CN(C)CC2CC3CCC2C3)C1(C)C. The van der Waals surface area contributed by atoms with Gasteiger partial charge in [0.2, 0.25) is 0 Å². The Labute approximate surface area is 130 Å². The van der Waals surface area contributed by atoms with Gasteiger partial charge in [-0.2, -0.15) is 0 Å². The van der Waals surface area contributed by atoms with Crippen molar-refractivity contribution in [3.05, 3.63) is 0 Å². The zero-order chi connectivity index (χ0) is 15.3. The number of nitrogens with two attached hydrogens (primary N) is 1. The summed E-state index contributed by atoms with van der Waals surface area (Å²) in [7, 11) is 2.27. The molecule has 0 amide bonds. The Morgan fingerprint density at radius 3 is 2.52 bits per heavy atom. The van der Waals surface area contributed by atoms with E-state index >= 15 is 0 Å². The molecule has 3 rings (SSSR count). The Bertz CT molecular complexity index is 383. The fraction of sp³-hybridized carbons (Fsp3) is 1.00. The number of nitrogens with zero attached hydrogens (tertiary/aromatic N) is 1. The molecule has 0 saturated heterocycles. The Morgan fingerprint density at radius 2 is 2.00 bits per heavy atom. The minimum absolute atomic E-state index is 0.0841. The van der Waals surface area contributed by atoms with E-state index in [1.165, 1.54) is 32.2 Å². The summed E-state index contributed by atoms with van der Waals surface area (Å²) < 4.78 is 5.85. The second-order valence-electron chi connectivity index (χ2n) is 8.66. The van der Waals surface area contributed by atoms with E-state index in [-0.39, 0.29) is 11.0 Å². The lowest BCUT2D eigenvalue weighted by Crippen LogP contribution is -2.73. The molecular weight excluding hydrogens is 260 g/mol. The molecule has 0 heterocycles. The van der Waals surface area contributed by atoms with Gasteiger partial charge in [-0.3, -0.25) is 0 Å². The topological polar surface area (TPSA) is 38.5 Å². The van der Waals surface area contributed by atoms with Crippen molar-refractivity contribution < 1.29 is 4.74 Å². The van der Waals surface area contributed by atoms with E-state index in [0.29, 0.717) is 6.10 Å². The molecule has 3 nitrogen and oxygen atoms in total. The summed E-state index contributed by atoms with van der Waals surface area (Å²) in [6, 6.07) is 0. The molecule has 2 N–H and O–H groups in total. The van der Waals surface area contributed by atoms with E-state index in [0.717, 1.165) is 37.3 Å². The standard InChI is InChI=1S/C18H34N2O/c1-5-21-16-10-18(19,17(16,2)3)12-20(4)11-15-9-13-6-7-14(15)8-13/h13-16H,5-12,19H2,1-4H3. The predicted molar refractivity (Wildman–Crippen MR) is 87.2 cm³/mol. The highest BCUT2D eigenvalue weighted by molar-refractivity contribution is 5.14. The molecule has 0 aromatic heterocycles. The van der Waals surface area contributed by atoms with Crippen LogP contribution in [0.15, 0.2) is 0 Å². The second-order valence-corrected chi connectivity index (χ2v) is 8.66. The average Bonchev–Trinajstić information content (AvgIpc) is 3.00. The lowest BCUT2D eigenvalue weighted by Gasteiger charge is -2.60. The first kappa shape index (κ1) is 15.8. The first-order chi connectivity index (χ1) is 9.85. The molecular formula is C18H34N2O. The van der Waals surface area contributed by atoms with Gasteiger partial charge in [-0.1, -0.05) is 20.3 Å². The van der Waals surface area contributed by atoms with Crippen LogP contribution in [-0.2, 0) is 4.74 Å². The van der Waals surface area contributed by atoms with E-state index in [1.54, 1.807) is 0 Å². The maximum absolute atomic E-state index is 6.73. The van der Waals surface area contributed by atoms with Crippen molar-refractivity contribution in [3.8, 4) is 0 Å². The maximum Gasteiger partial charge on any atom is 0.0662 e. The maximum atomic E-state index is 6.73. The highest BCUT2D eigenvalue weighted by Gasteiger charge is 2.58. The average molecular weight is 294 g/mol. The molecule has 3 heteroatoms. The summed E-state index contributed by atoms with van der Waals surface area (Å²) >= 11 is 0. The van der Waals surface area contributed by atoms with Gasteiger partial charge >= 0.3 is 0 Å². The van der Waals surface area contributed by atoms with E-state index < -0.39 is 0 Å². The number of hydrogen-bond donors (Lipinski definition) is 1. The van der Waals surface area contributed by atoms with Crippen molar-refractivity contribution in [1.29, 1.82) is 0 Å². The van der Waals surface area contributed by atoms with Gasteiger partial charge < -0.3 is 15.4 Å². The van der Waals surface area contributed by atoms with Gasteiger partial charge in [0, 0.05) is 30.7 Å². The molecule has 3 aliphatic carbocycles. The van der Waals surface area contributed by atoms with Crippen molar-refractivity contribution in [2.45, 2.75) is 64.5 Å². The van der Waals surface area contributed by atoms with Crippen molar-refractivity contribution in [3.63, 3.8) is 0 Å². The molecule has 2 bridgehead atoms. The molecule has 0 radical (unpaired) electrons. The highest BCUT2D eigenvalue weighted by atomic mass is 16.5. The fourth-order valence-corrected chi connectivity index (χ4v) is 5.32. The van der Waals surface area contributed by atoms with Crippen molar-refractivity contribution >= 4 is 0 Å². The lowest BCUT2D eigenvalue weighted by molar-refractivity contribution is -0.155. The first-order valence-electron chi connectivity index (χ1n) is 8.94. The Morgan fingerprint density at radius 1 is 1.24 bits per heavy atom. The zero-order valence-corrected chi connectivity index (χ0v) is 14.4. The Hall–Kier alpha value is -0.120. The smallest absolute Gasteiger partial charge is 0.0662 e. The fourth-order valence-electron chi connectivity index (χ4n) is 5.32. The van der Waals surface area contributed by atoms with Crippen LogP contribution in [0, 0.1) is 23.2 Å². The van der Waals surface area contributed by atoms with E-state index in [9.17, 15) is 0 Å². The Kier molecular flexibility index (Phi) is 4.13. The molecule has 0 aromatic rings. The van der Waals surface area contributed by atoms with Crippen LogP contribution in [0.3, 0.4) is 0 Å². The summed E-state index contributed by atoms with van der Waals surface area (Å²) in [5.41, 5.74) is 6.74. The van der Waals surface area contributed by atoms with Crippen LogP contribution in [0.2, 0.25) is 0 Å². The molecule has 5 atom stereocenters. The highest BCUT2D eigenvalue weighted by Crippen LogP contribution is 2.51. The largest absolute Gasteiger partial charge is 0.378 e. The van der Waals surface area contributed by atoms with Crippen LogP contribution in [0.1, 0.15) is 52.9 Å². The second kappa shape index (κ2) is 5.50. The summed E-state index contributed by atoms with van der Waals surface area (Å²) in [6.45, 7) is 9.69. The quantitative estimate of drug-likeness (QED) is 0.818. The van der Waals surface area contributed by atoms with Crippen molar-refractivity contribution in [2.24, 2.45) is 28.9 Å². The van der Waals surface area contributed by atoms with Crippen LogP contribution in [0.25, 0.3) is 0 Å².